The molecule has 3 aromatic carbocycles. The van der Waals surface area contributed by atoms with Gasteiger partial charge in [-0.2, -0.15) is 0 Å². The van der Waals surface area contributed by atoms with Gasteiger partial charge in [-0.05, 0) is 115 Å². The topological polar surface area (TPSA) is 170 Å². The summed E-state index contributed by atoms with van der Waals surface area (Å²) in [5.74, 6) is -0.554. The van der Waals surface area contributed by atoms with E-state index in [9.17, 15) is 23.3 Å². The van der Waals surface area contributed by atoms with Gasteiger partial charge in [-0.15, -0.1) is 0 Å². The molecule has 1 amide bonds. The standard InChI is InChI=1S/C46H55ClN8O6S/c1-46(2)15-11-33(40(27-46)32-3-5-34(47)6-4-32)30-53-19-21-54(22-20-53)35-7-9-38(39(25-35)37-12-16-48-29-42-44(37)50-18-17-49-42)45(56)52-62(59,60)36-8-10-41(43(26-36)55(57)58)51-28-31-13-23-61-24-14-31/h3-10,17-18,25-26,29,31,48-51H,11-16,19-24,27-28,30H2,1-2H3,(H,52,56). The molecule has 5 N–H and O–H groups in total. The van der Waals surface area contributed by atoms with Gasteiger partial charge in [0.15, 0.2) is 0 Å². The van der Waals surface area contributed by atoms with Crippen LogP contribution in [0.25, 0.3) is 11.1 Å². The Morgan fingerprint density at radius 2 is 1.73 bits per heavy atom. The van der Waals surface area contributed by atoms with Crippen LogP contribution in [0.2, 0.25) is 5.02 Å². The van der Waals surface area contributed by atoms with Crippen molar-refractivity contribution in [2.75, 3.05) is 69.2 Å². The molecule has 0 aromatic heterocycles. The Morgan fingerprint density at radius 3 is 2.48 bits per heavy atom. The van der Waals surface area contributed by atoms with Crippen LogP contribution in [0.3, 0.4) is 0 Å². The maximum Gasteiger partial charge on any atom is 0.293 e. The molecule has 4 heterocycles. The third-order valence-electron chi connectivity index (χ3n) is 12.6. The van der Waals surface area contributed by atoms with E-state index < -0.39 is 20.9 Å². The molecule has 0 spiro atoms. The van der Waals surface area contributed by atoms with E-state index in [1.165, 1.54) is 28.8 Å². The molecule has 16 heteroatoms. The van der Waals surface area contributed by atoms with E-state index in [0.717, 1.165) is 98.6 Å². The van der Waals surface area contributed by atoms with E-state index in [2.05, 4.69) is 61.8 Å². The van der Waals surface area contributed by atoms with E-state index in [4.69, 9.17) is 16.3 Å². The second-order valence-electron chi connectivity index (χ2n) is 17.5. The maximum absolute atomic E-state index is 14.2. The van der Waals surface area contributed by atoms with Gasteiger partial charge in [0, 0.05) is 100.0 Å². The van der Waals surface area contributed by atoms with Gasteiger partial charge in [0.05, 0.1) is 21.2 Å². The van der Waals surface area contributed by atoms with Crippen LogP contribution in [0.15, 0.2) is 101 Å². The Balaban J connectivity index is 1.04. The summed E-state index contributed by atoms with van der Waals surface area (Å²) in [5, 5.41) is 25.9. The fraction of sp³-hybridized carbons (Fsp3) is 0.413. The number of nitro groups is 1. The SMILES string of the molecule is CC1(C)CCC(CN2CCN(c3ccc(C(=O)NS(=O)(=O)c4ccc(NCC5CCOCC5)c([N+](=O)[O-])c4)c(C4=C5NC=CNC5=CNCC4)c3)CC2)=C(c2ccc(Cl)cc2)C1. The van der Waals surface area contributed by atoms with E-state index in [1.807, 2.05) is 30.5 Å². The molecule has 8 rings (SSSR count). The van der Waals surface area contributed by atoms with Gasteiger partial charge >= 0.3 is 0 Å². The first-order valence-corrected chi connectivity index (χ1v) is 23.3. The highest BCUT2D eigenvalue weighted by molar-refractivity contribution is 7.90. The summed E-state index contributed by atoms with van der Waals surface area (Å²) in [4.78, 5) is 30.2. The Kier molecular flexibility index (Phi) is 13.0. The molecule has 2 saturated heterocycles. The molecule has 1 aliphatic carbocycles. The number of nitro benzene ring substituents is 1. The molecule has 0 radical (unpaired) electrons. The van der Waals surface area contributed by atoms with Gasteiger partial charge in [0.2, 0.25) is 0 Å². The number of hydrogen-bond acceptors (Lipinski definition) is 12. The van der Waals surface area contributed by atoms with Crippen LogP contribution in [0, 0.1) is 21.4 Å². The van der Waals surface area contributed by atoms with Crippen LogP contribution in [0.4, 0.5) is 17.1 Å². The number of nitrogens with zero attached hydrogens (tertiary/aromatic N) is 3. The highest BCUT2D eigenvalue weighted by atomic mass is 35.5. The molecular formula is C46H55ClN8O6S. The number of carbonyl (C=O) groups excluding carboxylic acids is 1. The molecule has 2 fully saturated rings. The molecule has 328 valence electrons. The lowest BCUT2D eigenvalue weighted by atomic mass is 9.72. The number of ether oxygens (including phenoxy) is 1. The molecule has 5 aliphatic rings. The average Bonchev–Trinajstić information content (AvgIpc) is 3.49. The molecule has 14 nitrogen and oxygen atoms in total. The molecule has 0 atom stereocenters. The number of rotatable bonds is 12. The van der Waals surface area contributed by atoms with Gasteiger partial charge in [-0.3, -0.25) is 19.8 Å². The molecular weight excluding hydrogens is 828 g/mol. The van der Waals surface area contributed by atoms with Gasteiger partial charge in [-0.1, -0.05) is 43.2 Å². The fourth-order valence-electron chi connectivity index (χ4n) is 9.03. The zero-order valence-electron chi connectivity index (χ0n) is 35.3. The number of carbonyl (C=O) groups is 1. The van der Waals surface area contributed by atoms with Crippen LogP contribution in [0.5, 0.6) is 0 Å². The van der Waals surface area contributed by atoms with Crippen molar-refractivity contribution in [3.8, 4) is 0 Å². The average molecular weight is 884 g/mol. The molecule has 3 aromatic rings. The van der Waals surface area contributed by atoms with Crippen LogP contribution in [-0.4, -0.2) is 83.2 Å². The van der Waals surface area contributed by atoms with Crippen molar-refractivity contribution < 1.29 is 22.9 Å². The Morgan fingerprint density at radius 1 is 0.968 bits per heavy atom. The maximum atomic E-state index is 14.2. The van der Waals surface area contributed by atoms with Crippen LogP contribution >= 0.6 is 11.6 Å². The quantitative estimate of drug-likeness (QED) is 0.0918. The highest BCUT2D eigenvalue weighted by Gasteiger charge is 2.31. The number of nitrogens with one attached hydrogen (secondary N) is 5. The number of benzene rings is 3. The summed E-state index contributed by atoms with van der Waals surface area (Å²) >= 11 is 6.26. The van der Waals surface area contributed by atoms with E-state index in [1.54, 1.807) is 18.5 Å². The summed E-state index contributed by atoms with van der Waals surface area (Å²) in [5.41, 5.74) is 8.29. The first kappa shape index (κ1) is 43.3. The minimum Gasteiger partial charge on any atom is -0.389 e. The van der Waals surface area contributed by atoms with Gasteiger partial charge in [0.1, 0.15) is 5.69 Å². The Labute approximate surface area is 368 Å². The second kappa shape index (κ2) is 18.6. The smallest absolute Gasteiger partial charge is 0.293 e. The number of piperazine rings is 1. The normalized spacial score (nSPS) is 19.7. The van der Waals surface area contributed by atoms with Gasteiger partial charge in [-0.25, -0.2) is 13.1 Å². The minimum absolute atomic E-state index is 0.169. The third kappa shape index (κ3) is 9.96. The van der Waals surface area contributed by atoms with Gasteiger partial charge < -0.3 is 30.9 Å². The Bertz CT molecular complexity index is 2430. The van der Waals surface area contributed by atoms with E-state index in [-0.39, 0.29) is 33.2 Å². The lowest BCUT2D eigenvalue weighted by molar-refractivity contribution is -0.384. The zero-order valence-corrected chi connectivity index (χ0v) is 36.8. The van der Waals surface area contributed by atoms with Gasteiger partial charge in [0.25, 0.3) is 21.6 Å². The van der Waals surface area contributed by atoms with E-state index >= 15 is 0 Å². The van der Waals surface area contributed by atoms with Crippen LogP contribution in [0.1, 0.15) is 73.9 Å². The molecule has 0 unspecified atom stereocenters. The predicted molar refractivity (Wildman–Crippen MR) is 244 cm³/mol. The van der Waals surface area contributed by atoms with E-state index in [0.29, 0.717) is 38.3 Å². The third-order valence-corrected chi connectivity index (χ3v) is 14.2. The summed E-state index contributed by atoms with van der Waals surface area (Å²) in [6.07, 6.45) is 10.9. The molecule has 4 aliphatic heterocycles. The number of anilines is 2. The number of fused-ring (bicyclic) bond motifs is 1. The number of sulfonamides is 1. The monoisotopic (exact) mass is 882 g/mol. The summed E-state index contributed by atoms with van der Waals surface area (Å²) in [6.45, 7) is 11.2. The van der Waals surface area contributed by atoms with Crippen molar-refractivity contribution in [3.05, 3.63) is 128 Å². The summed E-state index contributed by atoms with van der Waals surface area (Å²) in [6, 6.07) is 17.4. The van der Waals surface area contributed by atoms with Crippen LogP contribution < -0.4 is 30.9 Å². The lowest BCUT2D eigenvalue weighted by Gasteiger charge is -2.39. The first-order valence-electron chi connectivity index (χ1n) is 21.4. The molecule has 0 saturated carbocycles. The summed E-state index contributed by atoms with van der Waals surface area (Å²) < 4.78 is 35.3. The molecule has 0 bridgehead atoms. The van der Waals surface area contributed by atoms with Crippen molar-refractivity contribution in [1.29, 1.82) is 0 Å². The lowest BCUT2D eigenvalue weighted by Crippen LogP contribution is -2.47. The second-order valence-corrected chi connectivity index (χ2v) is 19.6. The largest absolute Gasteiger partial charge is 0.389 e. The molecule has 62 heavy (non-hydrogen) atoms. The van der Waals surface area contributed by atoms with Crippen LogP contribution in [-0.2, 0) is 14.8 Å². The number of hydrogen-bond donors (Lipinski definition) is 5. The number of allylic oxidation sites excluding steroid dienone is 1. The van der Waals surface area contributed by atoms with Crippen molar-refractivity contribution in [2.45, 2.75) is 57.3 Å². The van der Waals surface area contributed by atoms with Crippen molar-refractivity contribution in [3.63, 3.8) is 0 Å². The van der Waals surface area contributed by atoms with Crippen molar-refractivity contribution in [2.24, 2.45) is 11.3 Å². The minimum atomic E-state index is -4.53. The zero-order chi connectivity index (χ0) is 43.4. The predicted octanol–water partition coefficient (Wildman–Crippen LogP) is 7.20. The summed E-state index contributed by atoms with van der Waals surface area (Å²) in [7, 11) is -4.53. The number of halogens is 1. The van der Waals surface area contributed by atoms with Crippen molar-refractivity contribution >= 4 is 55.7 Å². The first-order chi connectivity index (χ1) is 29.8. The fourth-order valence-corrected chi connectivity index (χ4v) is 10.1. The number of amides is 1. The van der Waals surface area contributed by atoms with Crippen molar-refractivity contribution in [1.82, 2.24) is 25.6 Å². The Hall–Kier alpha value is -5.35. The highest BCUT2D eigenvalue weighted by Crippen LogP contribution is 2.43.